The zero-order valence-electron chi connectivity index (χ0n) is 10.8. The van der Waals surface area contributed by atoms with Crippen LogP contribution >= 0.6 is 0 Å². The van der Waals surface area contributed by atoms with Crippen LogP contribution in [0.25, 0.3) is 0 Å². The summed E-state index contributed by atoms with van der Waals surface area (Å²) < 4.78 is 20.9. The molecule has 1 saturated heterocycles. The zero-order chi connectivity index (χ0) is 13.9. The highest BCUT2D eigenvalue weighted by molar-refractivity contribution is 5.28. The van der Waals surface area contributed by atoms with Crippen molar-refractivity contribution < 1.29 is 9.13 Å². The van der Waals surface area contributed by atoms with E-state index in [0.29, 0.717) is 17.9 Å². The van der Waals surface area contributed by atoms with Crippen LogP contribution in [0.2, 0.25) is 0 Å². The Labute approximate surface area is 115 Å². The Bertz CT molecular complexity index is 655. The van der Waals surface area contributed by atoms with Crippen LogP contribution in [-0.4, -0.2) is 21.6 Å². The van der Waals surface area contributed by atoms with Crippen LogP contribution in [-0.2, 0) is 11.3 Å². The largest absolute Gasteiger partial charge is 0.372 e. The molecular formula is C14H13FN4O. The maximum Gasteiger partial charge on any atom is 0.188 e. The van der Waals surface area contributed by atoms with E-state index in [9.17, 15) is 4.39 Å². The summed E-state index contributed by atoms with van der Waals surface area (Å²) in [5, 5.41) is 16.9. The van der Waals surface area contributed by atoms with Gasteiger partial charge in [-0.2, -0.15) is 5.26 Å². The Morgan fingerprint density at radius 3 is 3.00 bits per heavy atom. The molecule has 3 rings (SSSR count). The number of aromatic nitrogens is 3. The molecule has 0 amide bonds. The third-order valence-electron chi connectivity index (χ3n) is 3.39. The van der Waals surface area contributed by atoms with Crippen molar-refractivity contribution in [3.05, 3.63) is 47.0 Å². The lowest BCUT2D eigenvalue weighted by molar-refractivity contribution is 0.104. The van der Waals surface area contributed by atoms with Crippen LogP contribution in [0.1, 0.15) is 35.9 Å². The smallest absolute Gasteiger partial charge is 0.188 e. The molecule has 0 spiro atoms. The van der Waals surface area contributed by atoms with Gasteiger partial charge in [0.25, 0.3) is 0 Å². The first-order valence-corrected chi connectivity index (χ1v) is 6.48. The van der Waals surface area contributed by atoms with Gasteiger partial charge in [0.2, 0.25) is 0 Å². The topological polar surface area (TPSA) is 63.7 Å². The molecule has 2 aromatic rings. The van der Waals surface area contributed by atoms with E-state index in [0.717, 1.165) is 12.8 Å². The average molecular weight is 272 g/mol. The standard InChI is InChI=1S/C14H13FN4O/c15-11-5-2-1-4-10(11)9-19-14(12(8-16)17-18-19)13-6-3-7-20-13/h1-2,4-5,13H,3,6-7,9H2. The average Bonchev–Trinajstić information content (AvgIpc) is 3.09. The highest BCUT2D eigenvalue weighted by atomic mass is 19.1. The van der Waals surface area contributed by atoms with Crippen LogP contribution in [0.4, 0.5) is 4.39 Å². The van der Waals surface area contributed by atoms with Crippen LogP contribution in [0.3, 0.4) is 0 Å². The molecule has 1 atom stereocenters. The third-order valence-corrected chi connectivity index (χ3v) is 3.39. The van der Waals surface area contributed by atoms with E-state index < -0.39 is 0 Å². The number of rotatable bonds is 3. The fourth-order valence-corrected chi connectivity index (χ4v) is 2.42. The molecule has 1 aromatic heterocycles. The molecule has 1 aliphatic heterocycles. The fourth-order valence-electron chi connectivity index (χ4n) is 2.42. The van der Waals surface area contributed by atoms with Gasteiger partial charge in [-0.3, -0.25) is 0 Å². The molecule has 6 heteroatoms. The summed E-state index contributed by atoms with van der Waals surface area (Å²) in [6.45, 7) is 0.914. The van der Waals surface area contributed by atoms with Crippen molar-refractivity contribution in [2.24, 2.45) is 0 Å². The van der Waals surface area contributed by atoms with Crippen molar-refractivity contribution in [3.8, 4) is 6.07 Å². The second kappa shape index (κ2) is 5.39. The summed E-state index contributed by atoms with van der Waals surface area (Å²) in [5.41, 5.74) is 1.42. The fraction of sp³-hybridized carbons (Fsp3) is 0.357. The molecule has 20 heavy (non-hydrogen) atoms. The molecule has 0 aliphatic carbocycles. The zero-order valence-corrected chi connectivity index (χ0v) is 10.8. The minimum Gasteiger partial charge on any atom is -0.372 e. The van der Waals surface area contributed by atoms with Gasteiger partial charge in [0.05, 0.1) is 6.54 Å². The molecule has 102 valence electrons. The number of nitrogens with zero attached hydrogens (tertiary/aromatic N) is 4. The number of nitriles is 1. The van der Waals surface area contributed by atoms with E-state index in [1.807, 2.05) is 6.07 Å². The van der Waals surface area contributed by atoms with Crippen LogP contribution in [0, 0.1) is 17.1 Å². The van der Waals surface area contributed by atoms with Gasteiger partial charge in [0.1, 0.15) is 23.7 Å². The molecule has 0 radical (unpaired) electrons. The number of halogens is 1. The van der Waals surface area contributed by atoms with Crippen LogP contribution in [0.5, 0.6) is 0 Å². The normalized spacial score (nSPS) is 18.1. The van der Waals surface area contributed by atoms with E-state index >= 15 is 0 Å². The molecule has 1 unspecified atom stereocenters. The van der Waals surface area contributed by atoms with Crippen LogP contribution < -0.4 is 0 Å². The summed E-state index contributed by atoms with van der Waals surface area (Å²) in [4.78, 5) is 0. The molecule has 2 heterocycles. The third kappa shape index (κ3) is 2.28. The summed E-state index contributed by atoms with van der Waals surface area (Å²) in [7, 11) is 0. The quantitative estimate of drug-likeness (QED) is 0.859. The maximum absolute atomic E-state index is 13.7. The Morgan fingerprint density at radius 1 is 1.45 bits per heavy atom. The van der Waals surface area contributed by atoms with Crippen molar-refractivity contribution in [2.75, 3.05) is 6.61 Å². The molecule has 1 fully saturated rings. The van der Waals surface area contributed by atoms with E-state index in [1.54, 1.807) is 22.9 Å². The van der Waals surface area contributed by atoms with Crippen LogP contribution in [0.15, 0.2) is 24.3 Å². The molecular weight excluding hydrogens is 259 g/mol. The van der Waals surface area contributed by atoms with Gasteiger partial charge in [-0.15, -0.1) is 5.10 Å². The van der Waals surface area contributed by atoms with Gasteiger partial charge in [-0.1, -0.05) is 23.4 Å². The first-order valence-electron chi connectivity index (χ1n) is 6.48. The SMILES string of the molecule is N#Cc1nnn(Cc2ccccc2F)c1C1CCCO1. The minimum atomic E-state index is -0.292. The Balaban J connectivity index is 1.96. The van der Waals surface area contributed by atoms with Crippen molar-refractivity contribution in [1.29, 1.82) is 5.26 Å². The first kappa shape index (κ1) is 12.8. The van der Waals surface area contributed by atoms with Gasteiger partial charge >= 0.3 is 0 Å². The number of ether oxygens (including phenoxy) is 1. The summed E-state index contributed by atoms with van der Waals surface area (Å²) in [5.74, 6) is -0.292. The Morgan fingerprint density at radius 2 is 2.30 bits per heavy atom. The highest BCUT2D eigenvalue weighted by Gasteiger charge is 2.26. The van der Waals surface area contributed by atoms with Gasteiger partial charge < -0.3 is 4.74 Å². The number of benzene rings is 1. The molecule has 0 N–H and O–H groups in total. The Hall–Kier alpha value is -2.26. The minimum absolute atomic E-state index is 0.175. The molecule has 0 bridgehead atoms. The Kier molecular flexibility index (Phi) is 3.44. The summed E-state index contributed by atoms with van der Waals surface area (Å²) in [6.07, 6.45) is 1.60. The molecule has 5 nitrogen and oxygen atoms in total. The van der Waals surface area contributed by atoms with Crippen molar-refractivity contribution in [1.82, 2.24) is 15.0 Å². The van der Waals surface area contributed by atoms with E-state index in [4.69, 9.17) is 10.00 Å². The van der Waals surface area contributed by atoms with E-state index in [-0.39, 0.29) is 24.2 Å². The number of hydrogen-bond acceptors (Lipinski definition) is 4. The van der Waals surface area contributed by atoms with Crippen molar-refractivity contribution >= 4 is 0 Å². The lowest BCUT2D eigenvalue weighted by Crippen LogP contribution is -2.12. The lowest BCUT2D eigenvalue weighted by Gasteiger charge is -2.12. The predicted molar refractivity (Wildman–Crippen MR) is 68.2 cm³/mol. The second-order valence-corrected chi connectivity index (χ2v) is 4.69. The first-order chi connectivity index (χ1) is 9.79. The van der Waals surface area contributed by atoms with Gasteiger partial charge in [-0.25, -0.2) is 9.07 Å². The summed E-state index contributed by atoms with van der Waals surface area (Å²) in [6, 6.07) is 8.54. The van der Waals surface area contributed by atoms with Crippen molar-refractivity contribution in [2.45, 2.75) is 25.5 Å². The van der Waals surface area contributed by atoms with E-state index in [2.05, 4.69) is 10.3 Å². The molecule has 1 aromatic carbocycles. The van der Waals surface area contributed by atoms with Gasteiger partial charge in [-0.05, 0) is 18.9 Å². The van der Waals surface area contributed by atoms with E-state index in [1.165, 1.54) is 6.07 Å². The second-order valence-electron chi connectivity index (χ2n) is 4.69. The van der Waals surface area contributed by atoms with Crippen molar-refractivity contribution in [3.63, 3.8) is 0 Å². The molecule has 0 saturated carbocycles. The monoisotopic (exact) mass is 272 g/mol. The van der Waals surface area contributed by atoms with Gasteiger partial charge in [0.15, 0.2) is 5.69 Å². The predicted octanol–water partition coefficient (Wildman–Crippen LogP) is 2.19. The maximum atomic E-state index is 13.7. The summed E-state index contributed by atoms with van der Waals surface area (Å²) >= 11 is 0. The highest BCUT2D eigenvalue weighted by Crippen LogP contribution is 2.30. The molecule has 1 aliphatic rings. The number of hydrogen-bond donors (Lipinski definition) is 0. The van der Waals surface area contributed by atoms with Gasteiger partial charge in [0, 0.05) is 12.2 Å². The lowest BCUT2D eigenvalue weighted by atomic mass is 10.1.